The Morgan fingerprint density at radius 3 is 2.74 bits per heavy atom. The van der Waals surface area contributed by atoms with Crippen LogP contribution in [-0.2, 0) is 4.79 Å². The average Bonchev–Trinajstić information content (AvgIpc) is 3.18. The molecule has 0 unspecified atom stereocenters. The van der Waals surface area contributed by atoms with Crippen LogP contribution in [0.3, 0.4) is 0 Å². The maximum atomic E-state index is 12.7. The summed E-state index contributed by atoms with van der Waals surface area (Å²) < 4.78 is 1.93. The highest BCUT2D eigenvalue weighted by Gasteiger charge is 2.28. The number of nitrogens with zero attached hydrogens (tertiary/aromatic N) is 3. The van der Waals surface area contributed by atoms with Gasteiger partial charge in [-0.3, -0.25) is 14.5 Å². The van der Waals surface area contributed by atoms with Gasteiger partial charge in [-0.1, -0.05) is 23.7 Å². The second-order valence-electron chi connectivity index (χ2n) is 8.67. The number of aromatic nitrogens is 1. The Labute approximate surface area is 188 Å². The van der Waals surface area contributed by atoms with Crippen molar-refractivity contribution in [1.29, 1.82) is 0 Å². The van der Waals surface area contributed by atoms with E-state index in [9.17, 15) is 9.59 Å². The second-order valence-corrected chi connectivity index (χ2v) is 9.11. The summed E-state index contributed by atoms with van der Waals surface area (Å²) in [5.41, 5.74) is 2.44. The fourth-order valence-corrected chi connectivity index (χ4v) is 4.56. The van der Waals surface area contributed by atoms with E-state index in [2.05, 4.69) is 34.4 Å². The predicted octanol–water partition coefficient (Wildman–Crippen LogP) is 2.24. The highest BCUT2D eigenvalue weighted by atomic mass is 35.5. The molecule has 4 rings (SSSR count). The Balaban J connectivity index is 1.40. The molecule has 7 nitrogen and oxygen atoms in total. The van der Waals surface area contributed by atoms with Crippen molar-refractivity contribution in [3.8, 4) is 11.1 Å². The van der Waals surface area contributed by atoms with Crippen LogP contribution in [0.4, 0.5) is 0 Å². The summed E-state index contributed by atoms with van der Waals surface area (Å²) in [5, 5.41) is 6.70. The van der Waals surface area contributed by atoms with Crippen LogP contribution in [0, 0.1) is 0 Å². The summed E-state index contributed by atoms with van der Waals surface area (Å²) in [7, 11) is 2.14. The van der Waals surface area contributed by atoms with Gasteiger partial charge in [0.25, 0.3) is 5.91 Å². The monoisotopic (exact) mass is 443 g/mol. The smallest absolute Gasteiger partial charge is 0.268 e. The first kappa shape index (κ1) is 21.9. The van der Waals surface area contributed by atoms with Gasteiger partial charge < -0.3 is 20.1 Å². The molecular formula is C23H30ClN5O2. The topological polar surface area (TPSA) is 69.6 Å². The molecule has 1 aromatic heterocycles. The van der Waals surface area contributed by atoms with E-state index in [4.69, 9.17) is 11.6 Å². The van der Waals surface area contributed by atoms with Gasteiger partial charge in [0.2, 0.25) is 5.91 Å². The maximum absolute atomic E-state index is 12.7. The number of carbonyl (C=O) groups excluding carboxylic acids is 2. The van der Waals surface area contributed by atoms with Crippen LogP contribution in [0.2, 0.25) is 5.02 Å². The van der Waals surface area contributed by atoms with E-state index >= 15 is 0 Å². The van der Waals surface area contributed by atoms with Crippen LogP contribution >= 0.6 is 11.6 Å². The highest BCUT2D eigenvalue weighted by molar-refractivity contribution is 6.30. The second kappa shape index (κ2) is 9.42. The lowest BCUT2D eigenvalue weighted by atomic mass is 10.1. The quantitative estimate of drug-likeness (QED) is 0.718. The zero-order valence-electron chi connectivity index (χ0n) is 18.1. The zero-order chi connectivity index (χ0) is 22.0. The molecule has 2 aliphatic heterocycles. The third kappa shape index (κ3) is 5.29. The minimum atomic E-state index is -0.117. The van der Waals surface area contributed by atoms with E-state index < -0.39 is 0 Å². The largest absolute Gasteiger partial charge is 0.352 e. The summed E-state index contributed by atoms with van der Waals surface area (Å²) in [6.45, 7) is 7.54. The van der Waals surface area contributed by atoms with Crippen molar-refractivity contribution in [3.63, 3.8) is 0 Å². The minimum absolute atomic E-state index is 0.00623. The molecule has 1 saturated heterocycles. The van der Waals surface area contributed by atoms with Crippen molar-refractivity contribution in [1.82, 2.24) is 25.0 Å². The standard InChI is InChI=1S/C23H30ClN5O2/c1-16(14-28-8-6-27(2)7-9-28)26-22(30)12-20-13-25-23(31)21-11-18(15-29(20)21)17-4-3-5-19(24)10-17/h3-5,10-11,15-16,20H,6-9,12-14H2,1-2H3,(H,25,31)(H,26,30)/t16-,20+/m0/s1. The van der Waals surface area contributed by atoms with E-state index in [0.29, 0.717) is 23.7 Å². The molecule has 2 N–H and O–H groups in total. The third-order valence-electron chi connectivity index (χ3n) is 6.09. The fourth-order valence-electron chi connectivity index (χ4n) is 4.37. The third-order valence-corrected chi connectivity index (χ3v) is 6.32. The van der Waals surface area contributed by atoms with Gasteiger partial charge in [-0.25, -0.2) is 0 Å². The van der Waals surface area contributed by atoms with Gasteiger partial charge >= 0.3 is 0 Å². The number of amides is 2. The molecule has 2 amide bonds. The van der Waals surface area contributed by atoms with Crippen LogP contribution in [0.1, 0.15) is 29.9 Å². The summed E-state index contributed by atoms with van der Waals surface area (Å²) in [4.78, 5) is 29.8. The Morgan fingerprint density at radius 1 is 1.23 bits per heavy atom. The Bertz CT molecular complexity index is 951. The summed E-state index contributed by atoms with van der Waals surface area (Å²) >= 11 is 6.13. The molecule has 1 fully saturated rings. The molecule has 8 heteroatoms. The maximum Gasteiger partial charge on any atom is 0.268 e. The molecule has 166 valence electrons. The summed E-state index contributed by atoms with van der Waals surface area (Å²) in [6, 6.07) is 9.39. The number of hydrogen-bond donors (Lipinski definition) is 2. The summed E-state index contributed by atoms with van der Waals surface area (Å²) in [6.07, 6.45) is 2.27. The number of carbonyl (C=O) groups is 2. The van der Waals surface area contributed by atoms with Crippen LogP contribution in [-0.4, -0.2) is 78.5 Å². The van der Waals surface area contributed by atoms with E-state index in [1.807, 2.05) is 41.1 Å². The van der Waals surface area contributed by atoms with Crippen molar-refractivity contribution in [2.45, 2.75) is 25.4 Å². The fraction of sp³-hybridized carbons (Fsp3) is 0.478. The first-order valence-electron chi connectivity index (χ1n) is 10.9. The molecule has 31 heavy (non-hydrogen) atoms. The molecule has 0 saturated carbocycles. The molecular weight excluding hydrogens is 414 g/mol. The lowest BCUT2D eigenvalue weighted by Gasteiger charge is -2.34. The number of rotatable bonds is 6. The number of hydrogen-bond acceptors (Lipinski definition) is 4. The van der Waals surface area contributed by atoms with Gasteiger partial charge in [0.1, 0.15) is 5.69 Å². The average molecular weight is 444 g/mol. The van der Waals surface area contributed by atoms with Gasteiger partial charge in [0.15, 0.2) is 0 Å². The SMILES string of the molecule is C[C@@H](CN1CCN(C)CC1)NC(=O)C[C@@H]1CNC(=O)c2cc(-c3cccc(Cl)c3)cn21. The molecule has 3 heterocycles. The molecule has 0 bridgehead atoms. The van der Waals surface area contributed by atoms with Gasteiger partial charge in [-0.05, 0) is 37.7 Å². The molecule has 1 aromatic carbocycles. The zero-order valence-corrected chi connectivity index (χ0v) is 18.9. The molecule has 2 aromatic rings. The molecule has 2 aliphatic rings. The van der Waals surface area contributed by atoms with Crippen molar-refractivity contribution in [2.75, 3.05) is 46.3 Å². The van der Waals surface area contributed by atoms with Gasteiger partial charge in [-0.2, -0.15) is 0 Å². The number of fused-ring (bicyclic) bond motifs is 1. The predicted molar refractivity (Wildman–Crippen MR) is 122 cm³/mol. The molecule has 0 radical (unpaired) electrons. The highest BCUT2D eigenvalue weighted by Crippen LogP contribution is 2.29. The van der Waals surface area contributed by atoms with E-state index in [0.717, 1.165) is 43.9 Å². The van der Waals surface area contributed by atoms with Crippen LogP contribution in [0.25, 0.3) is 11.1 Å². The van der Waals surface area contributed by atoms with E-state index in [1.54, 1.807) is 0 Å². The Morgan fingerprint density at radius 2 is 2.00 bits per heavy atom. The van der Waals surface area contributed by atoms with Crippen molar-refractivity contribution < 1.29 is 9.59 Å². The van der Waals surface area contributed by atoms with E-state index in [1.165, 1.54) is 0 Å². The molecule has 0 aliphatic carbocycles. The van der Waals surface area contributed by atoms with Crippen LogP contribution in [0.5, 0.6) is 0 Å². The van der Waals surface area contributed by atoms with Crippen LogP contribution in [0.15, 0.2) is 36.5 Å². The normalized spacial score (nSPS) is 20.7. The molecule has 0 spiro atoms. The summed E-state index contributed by atoms with van der Waals surface area (Å²) in [5.74, 6) is -0.111. The number of piperazine rings is 1. The number of halogens is 1. The lowest BCUT2D eigenvalue weighted by Crippen LogP contribution is -2.50. The van der Waals surface area contributed by atoms with Gasteiger partial charge in [0.05, 0.1) is 6.04 Å². The van der Waals surface area contributed by atoms with Crippen molar-refractivity contribution >= 4 is 23.4 Å². The number of nitrogens with one attached hydrogen (secondary N) is 2. The van der Waals surface area contributed by atoms with Crippen molar-refractivity contribution in [3.05, 3.63) is 47.2 Å². The number of likely N-dealkylation sites (N-methyl/N-ethyl adjacent to an activating group) is 1. The van der Waals surface area contributed by atoms with Gasteiger partial charge in [0, 0.05) is 68.5 Å². The van der Waals surface area contributed by atoms with E-state index in [-0.39, 0.29) is 23.9 Å². The Kier molecular flexibility index (Phi) is 6.65. The Hall–Kier alpha value is -2.35. The van der Waals surface area contributed by atoms with Gasteiger partial charge in [-0.15, -0.1) is 0 Å². The van der Waals surface area contributed by atoms with Crippen LogP contribution < -0.4 is 10.6 Å². The molecule has 2 atom stereocenters. The first-order valence-corrected chi connectivity index (χ1v) is 11.2. The minimum Gasteiger partial charge on any atom is -0.352 e. The van der Waals surface area contributed by atoms with Crippen molar-refractivity contribution in [2.24, 2.45) is 0 Å². The lowest BCUT2D eigenvalue weighted by molar-refractivity contribution is -0.122. The first-order chi connectivity index (χ1) is 14.9. The number of benzene rings is 1.